The normalized spacial score (nSPS) is 11.9. The van der Waals surface area contributed by atoms with Gasteiger partial charge in [-0.1, -0.05) is 0 Å². The first-order chi connectivity index (χ1) is 8.04. The maximum Gasteiger partial charge on any atom is 0.225 e. The molecule has 0 saturated heterocycles. The first kappa shape index (κ1) is 14.9. The van der Waals surface area contributed by atoms with Crippen molar-refractivity contribution in [2.75, 3.05) is 5.32 Å². The van der Waals surface area contributed by atoms with Crippen LogP contribution in [-0.4, -0.2) is 16.9 Å². The Bertz CT molecular complexity index is 553. The standard InChI is InChI=1S/C12H15N3OS.ClH/c1-7(13)5-12(16)15-9-3-4-10-11(6-9)17-8(2)14-10;/h3-4,6-7H,5,13H2,1-2H3,(H,15,16);1H. The first-order valence-electron chi connectivity index (χ1n) is 5.47. The van der Waals surface area contributed by atoms with E-state index < -0.39 is 0 Å². The number of nitrogens with zero attached hydrogens (tertiary/aromatic N) is 1. The van der Waals surface area contributed by atoms with E-state index in [9.17, 15) is 4.79 Å². The Morgan fingerprint density at radius 2 is 2.28 bits per heavy atom. The second-order valence-electron chi connectivity index (χ2n) is 4.14. The lowest BCUT2D eigenvalue weighted by Crippen LogP contribution is -2.23. The van der Waals surface area contributed by atoms with Crippen LogP contribution in [0, 0.1) is 6.92 Å². The number of aromatic nitrogens is 1. The van der Waals surface area contributed by atoms with Gasteiger partial charge in [-0.25, -0.2) is 4.98 Å². The van der Waals surface area contributed by atoms with E-state index in [1.54, 1.807) is 11.3 Å². The van der Waals surface area contributed by atoms with Crippen LogP contribution in [0.2, 0.25) is 0 Å². The summed E-state index contributed by atoms with van der Waals surface area (Å²) in [6.07, 6.45) is 0.333. The molecule has 1 unspecified atom stereocenters. The van der Waals surface area contributed by atoms with Gasteiger partial charge < -0.3 is 11.1 Å². The number of carbonyl (C=O) groups is 1. The van der Waals surface area contributed by atoms with Gasteiger partial charge in [-0.3, -0.25) is 4.79 Å². The van der Waals surface area contributed by atoms with Crippen LogP contribution in [0.1, 0.15) is 18.4 Å². The molecule has 0 aliphatic rings. The fourth-order valence-corrected chi connectivity index (χ4v) is 2.49. The summed E-state index contributed by atoms with van der Waals surface area (Å²) in [5.74, 6) is -0.0550. The van der Waals surface area contributed by atoms with Crippen LogP contribution in [0.4, 0.5) is 5.69 Å². The van der Waals surface area contributed by atoms with Crippen LogP contribution in [0.3, 0.4) is 0 Å². The summed E-state index contributed by atoms with van der Waals surface area (Å²) in [7, 11) is 0. The van der Waals surface area contributed by atoms with E-state index in [4.69, 9.17) is 5.73 Å². The van der Waals surface area contributed by atoms with Crippen LogP contribution >= 0.6 is 23.7 Å². The van der Waals surface area contributed by atoms with E-state index >= 15 is 0 Å². The number of thiazole rings is 1. The van der Waals surface area contributed by atoms with Crippen LogP contribution in [0.15, 0.2) is 18.2 Å². The SMILES string of the molecule is Cc1nc2ccc(NC(=O)CC(C)N)cc2s1.Cl. The molecule has 0 radical (unpaired) electrons. The average Bonchev–Trinajstić information content (AvgIpc) is 2.55. The predicted octanol–water partition coefficient (Wildman–Crippen LogP) is 2.70. The average molecular weight is 286 g/mol. The maximum absolute atomic E-state index is 11.6. The van der Waals surface area contributed by atoms with Crippen molar-refractivity contribution < 1.29 is 4.79 Å². The van der Waals surface area contributed by atoms with E-state index in [0.717, 1.165) is 20.9 Å². The van der Waals surface area contributed by atoms with Crippen molar-refractivity contribution in [1.82, 2.24) is 4.98 Å². The highest BCUT2D eigenvalue weighted by Gasteiger charge is 2.07. The molecule has 1 amide bonds. The van der Waals surface area contributed by atoms with Gasteiger partial charge >= 0.3 is 0 Å². The molecular formula is C12H16ClN3OS. The molecule has 0 saturated carbocycles. The topological polar surface area (TPSA) is 68.0 Å². The number of nitrogens with one attached hydrogen (secondary N) is 1. The van der Waals surface area contributed by atoms with Gasteiger partial charge in [0.15, 0.2) is 0 Å². The van der Waals surface area contributed by atoms with Gasteiger partial charge in [-0.15, -0.1) is 23.7 Å². The fraction of sp³-hybridized carbons (Fsp3) is 0.333. The zero-order valence-electron chi connectivity index (χ0n) is 10.3. The Hall–Kier alpha value is -1.17. The second-order valence-corrected chi connectivity index (χ2v) is 5.38. The number of hydrogen-bond donors (Lipinski definition) is 2. The van der Waals surface area contributed by atoms with Crippen molar-refractivity contribution in [3.05, 3.63) is 23.2 Å². The molecular weight excluding hydrogens is 270 g/mol. The quantitative estimate of drug-likeness (QED) is 0.911. The third-order valence-corrected chi connectivity index (χ3v) is 3.22. The van der Waals surface area contributed by atoms with Gasteiger partial charge in [-0.2, -0.15) is 0 Å². The van der Waals surface area contributed by atoms with Crippen LogP contribution in [0.5, 0.6) is 0 Å². The monoisotopic (exact) mass is 285 g/mol. The number of hydrogen-bond acceptors (Lipinski definition) is 4. The molecule has 2 aromatic rings. The van der Waals surface area contributed by atoms with Gasteiger partial charge in [-0.05, 0) is 32.0 Å². The Morgan fingerprint density at radius 1 is 1.56 bits per heavy atom. The number of amides is 1. The van der Waals surface area contributed by atoms with Crippen LogP contribution in [-0.2, 0) is 4.79 Å². The number of carbonyl (C=O) groups excluding carboxylic acids is 1. The molecule has 98 valence electrons. The van der Waals surface area contributed by atoms with Gasteiger partial charge in [0.25, 0.3) is 0 Å². The Morgan fingerprint density at radius 3 is 2.94 bits per heavy atom. The molecule has 3 N–H and O–H groups in total. The first-order valence-corrected chi connectivity index (χ1v) is 6.29. The molecule has 1 atom stereocenters. The smallest absolute Gasteiger partial charge is 0.225 e. The van der Waals surface area contributed by atoms with E-state index in [1.807, 2.05) is 32.0 Å². The highest BCUT2D eigenvalue weighted by Crippen LogP contribution is 2.24. The minimum atomic E-state index is -0.121. The van der Waals surface area contributed by atoms with Crippen molar-refractivity contribution in [3.63, 3.8) is 0 Å². The van der Waals surface area contributed by atoms with Crippen molar-refractivity contribution in [2.24, 2.45) is 5.73 Å². The van der Waals surface area contributed by atoms with E-state index in [0.29, 0.717) is 6.42 Å². The Labute approximate surface area is 116 Å². The molecule has 1 aromatic heterocycles. The summed E-state index contributed by atoms with van der Waals surface area (Å²) < 4.78 is 1.08. The predicted molar refractivity (Wildman–Crippen MR) is 78.5 cm³/mol. The number of rotatable bonds is 3. The molecule has 0 aliphatic carbocycles. The van der Waals surface area contributed by atoms with E-state index in [2.05, 4.69) is 10.3 Å². The minimum Gasteiger partial charge on any atom is -0.327 e. The number of halogens is 1. The number of fused-ring (bicyclic) bond motifs is 1. The van der Waals surface area contributed by atoms with Crippen molar-refractivity contribution >= 4 is 45.6 Å². The van der Waals surface area contributed by atoms with Gasteiger partial charge in [0.05, 0.1) is 15.2 Å². The van der Waals surface area contributed by atoms with Gasteiger partial charge in [0.2, 0.25) is 5.91 Å². The number of aryl methyl sites for hydroxylation is 1. The zero-order valence-corrected chi connectivity index (χ0v) is 11.9. The van der Waals surface area contributed by atoms with Crippen molar-refractivity contribution in [2.45, 2.75) is 26.3 Å². The highest BCUT2D eigenvalue weighted by molar-refractivity contribution is 7.18. The van der Waals surface area contributed by atoms with Gasteiger partial charge in [0, 0.05) is 18.2 Å². The summed E-state index contributed by atoms with van der Waals surface area (Å²) >= 11 is 1.62. The Kier molecular flexibility index (Phi) is 5.07. The summed E-state index contributed by atoms with van der Waals surface area (Å²) in [5, 5.41) is 3.86. The minimum absolute atomic E-state index is 0. The summed E-state index contributed by atoms with van der Waals surface area (Å²) in [6, 6.07) is 5.60. The lowest BCUT2D eigenvalue weighted by molar-refractivity contribution is -0.116. The summed E-state index contributed by atoms with van der Waals surface area (Å²) in [5.41, 5.74) is 7.34. The zero-order chi connectivity index (χ0) is 12.4. The summed E-state index contributed by atoms with van der Waals surface area (Å²) in [4.78, 5) is 15.9. The van der Waals surface area contributed by atoms with Crippen LogP contribution < -0.4 is 11.1 Å². The van der Waals surface area contributed by atoms with E-state index in [-0.39, 0.29) is 24.4 Å². The lowest BCUT2D eigenvalue weighted by Gasteiger charge is -2.06. The number of nitrogens with two attached hydrogens (primary N) is 1. The van der Waals surface area contributed by atoms with Crippen molar-refractivity contribution in [3.8, 4) is 0 Å². The molecule has 1 heterocycles. The molecule has 6 heteroatoms. The second kappa shape index (κ2) is 6.13. The molecule has 2 rings (SSSR count). The van der Waals surface area contributed by atoms with E-state index in [1.165, 1.54) is 0 Å². The summed E-state index contributed by atoms with van der Waals surface area (Å²) in [6.45, 7) is 3.79. The molecule has 0 fully saturated rings. The number of anilines is 1. The molecule has 0 bridgehead atoms. The number of benzene rings is 1. The van der Waals surface area contributed by atoms with Gasteiger partial charge in [0.1, 0.15) is 0 Å². The van der Waals surface area contributed by atoms with Crippen LogP contribution in [0.25, 0.3) is 10.2 Å². The molecule has 4 nitrogen and oxygen atoms in total. The van der Waals surface area contributed by atoms with Crippen molar-refractivity contribution in [1.29, 1.82) is 0 Å². The molecule has 0 spiro atoms. The lowest BCUT2D eigenvalue weighted by atomic mass is 10.2. The molecule has 18 heavy (non-hydrogen) atoms. The highest BCUT2D eigenvalue weighted by atomic mass is 35.5. The third kappa shape index (κ3) is 3.66. The fourth-order valence-electron chi connectivity index (χ4n) is 1.62. The Balaban J connectivity index is 0.00000162. The largest absolute Gasteiger partial charge is 0.327 e. The maximum atomic E-state index is 11.6. The molecule has 1 aromatic carbocycles. The third-order valence-electron chi connectivity index (χ3n) is 2.29. The molecule has 0 aliphatic heterocycles.